The van der Waals surface area contributed by atoms with Gasteiger partial charge < -0.3 is 9.80 Å². The number of carbonyl (C=O) groups is 1. The Morgan fingerprint density at radius 3 is 2.50 bits per heavy atom. The molecular weight excluding hydrogens is 369 g/mol. The molecule has 1 aromatic heterocycles. The van der Waals surface area contributed by atoms with Crippen LogP contribution in [0.4, 0.5) is 13.2 Å². The van der Waals surface area contributed by atoms with Crippen LogP contribution in [0.5, 0.6) is 0 Å². The number of aromatic nitrogens is 2. The van der Waals surface area contributed by atoms with Crippen LogP contribution >= 0.6 is 0 Å². The number of piperazine rings is 1. The summed E-state index contributed by atoms with van der Waals surface area (Å²) in [6, 6.07) is 5.15. The first-order chi connectivity index (χ1) is 13.3. The summed E-state index contributed by atoms with van der Waals surface area (Å²) >= 11 is 0. The van der Waals surface area contributed by atoms with E-state index in [2.05, 4.69) is 10.00 Å². The summed E-state index contributed by atoms with van der Waals surface area (Å²) in [5.41, 5.74) is 1.80. The second-order valence-electron chi connectivity index (χ2n) is 7.54. The number of likely N-dealkylation sites (N-methyl/N-ethyl adjacent to an activating group) is 1. The summed E-state index contributed by atoms with van der Waals surface area (Å²) in [7, 11) is 2.02. The van der Waals surface area contributed by atoms with Gasteiger partial charge in [0, 0.05) is 37.4 Å². The Kier molecular flexibility index (Phi) is 4.91. The Hall–Kier alpha value is -2.35. The van der Waals surface area contributed by atoms with Gasteiger partial charge >= 0.3 is 6.18 Å². The van der Waals surface area contributed by atoms with Crippen LogP contribution in [-0.2, 0) is 19.0 Å². The van der Waals surface area contributed by atoms with Crippen molar-refractivity contribution in [2.45, 2.75) is 31.9 Å². The molecule has 1 aliphatic carbocycles. The highest BCUT2D eigenvalue weighted by atomic mass is 19.4. The summed E-state index contributed by atoms with van der Waals surface area (Å²) in [6.45, 7) is 2.89. The van der Waals surface area contributed by atoms with Crippen LogP contribution in [0, 0.1) is 0 Å². The van der Waals surface area contributed by atoms with Gasteiger partial charge in [0.1, 0.15) is 0 Å². The average Bonchev–Trinajstić information content (AvgIpc) is 3.07. The molecule has 2 aromatic rings. The number of alkyl halides is 3. The summed E-state index contributed by atoms with van der Waals surface area (Å²) in [5.74, 6) is -0.114. The van der Waals surface area contributed by atoms with E-state index in [1.807, 2.05) is 7.05 Å². The Bertz CT molecular complexity index is 882. The van der Waals surface area contributed by atoms with Crippen molar-refractivity contribution < 1.29 is 18.0 Å². The highest BCUT2D eigenvalue weighted by molar-refractivity contribution is 5.94. The van der Waals surface area contributed by atoms with Crippen molar-refractivity contribution in [3.8, 4) is 5.69 Å². The summed E-state index contributed by atoms with van der Waals surface area (Å²) in [4.78, 5) is 17.1. The van der Waals surface area contributed by atoms with Crippen molar-refractivity contribution in [1.82, 2.24) is 19.6 Å². The van der Waals surface area contributed by atoms with Gasteiger partial charge in [-0.1, -0.05) is 6.07 Å². The molecule has 0 unspecified atom stereocenters. The Morgan fingerprint density at radius 2 is 1.79 bits per heavy atom. The van der Waals surface area contributed by atoms with E-state index >= 15 is 0 Å². The lowest BCUT2D eigenvalue weighted by atomic mass is 9.95. The molecule has 0 saturated carbocycles. The molecule has 2 heterocycles. The van der Waals surface area contributed by atoms with Crippen molar-refractivity contribution in [2.24, 2.45) is 0 Å². The van der Waals surface area contributed by atoms with Gasteiger partial charge in [-0.3, -0.25) is 4.79 Å². The zero-order valence-electron chi connectivity index (χ0n) is 15.8. The van der Waals surface area contributed by atoms with Gasteiger partial charge in [-0.15, -0.1) is 0 Å². The number of nitrogens with zero attached hydrogens (tertiary/aromatic N) is 4. The number of hydrogen-bond donors (Lipinski definition) is 0. The smallest absolute Gasteiger partial charge is 0.335 e. The van der Waals surface area contributed by atoms with Crippen LogP contribution < -0.4 is 0 Å². The molecule has 0 bridgehead atoms. The highest BCUT2D eigenvalue weighted by Gasteiger charge is 2.32. The molecule has 150 valence electrons. The molecule has 28 heavy (non-hydrogen) atoms. The molecule has 1 amide bonds. The topological polar surface area (TPSA) is 41.4 Å². The maximum absolute atomic E-state index is 13.1. The van der Waals surface area contributed by atoms with Crippen molar-refractivity contribution in [2.75, 3.05) is 33.2 Å². The lowest BCUT2D eigenvalue weighted by molar-refractivity contribution is -0.137. The van der Waals surface area contributed by atoms with Crippen molar-refractivity contribution >= 4 is 5.91 Å². The molecule has 1 aromatic carbocycles. The normalized spacial score (nSPS) is 18.2. The monoisotopic (exact) mass is 392 g/mol. The fourth-order valence-electron chi connectivity index (χ4n) is 3.96. The van der Waals surface area contributed by atoms with Crippen molar-refractivity contribution in [3.63, 3.8) is 0 Å². The summed E-state index contributed by atoms with van der Waals surface area (Å²) < 4.78 is 41.0. The Morgan fingerprint density at radius 1 is 1.07 bits per heavy atom. The maximum atomic E-state index is 13.1. The van der Waals surface area contributed by atoms with Crippen molar-refractivity contribution in [1.29, 1.82) is 0 Å². The number of rotatable bonds is 2. The van der Waals surface area contributed by atoms with Gasteiger partial charge in [-0.2, -0.15) is 18.3 Å². The van der Waals surface area contributed by atoms with Gasteiger partial charge in [0.25, 0.3) is 5.91 Å². The zero-order chi connectivity index (χ0) is 19.9. The van der Waals surface area contributed by atoms with Crippen LogP contribution in [0.1, 0.15) is 40.2 Å². The van der Waals surface area contributed by atoms with E-state index in [0.717, 1.165) is 55.7 Å². The predicted molar refractivity (Wildman–Crippen MR) is 98.6 cm³/mol. The van der Waals surface area contributed by atoms with E-state index in [4.69, 9.17) is 0 Å². The van der Waals surface area contributed by atoms with E-state index in [9.17, 15) is 18.0 Å². The molecule has 0 spiro atoms. The third kappa shape index (κ3) is 3.53. The van der Waals surface area contributed by atoms with Crippen LogP contribution in [-0.4, -0.2) is 58.7 Å². The first-order valence-electron chi connectivity index (χ1n) is 9.61. The fraction of sp³-hybridized carbons (Fsp3) is 0.500. The van der Waals surface area contributed by atoms with E-state index in [1.165, 1.54) is 6.07 Å². The summed E-state index contributed by atoms with van der Waals surface area (Å²) in [6.07, 6.45) is -1.05. The average molecular weight is 392 g/mol. The van der Waals surface area contributed by atoms with Gasteiger partial charge in [-0.05, 0) is 50.9 Å². The van der Waals surface area contributed by atoms with Crippen LogP contribution in [0.25, 0.3) is 5.69 Å². The third-order valence-electron chi connectivity index (χ3n) is 5.59. The number of amides is 1. The lowest BCUT2D eigenvalue weighted by Crippen LogP contribution is -2.47. The van der Waals surface area contributed by atoms with Crippen LogP contribution in [0.3, 0.4) is 0 Å². The first-order valence-corrected chi connectivity index (χ1v) is 9.61. The second-order valence-corrected chi connectivity index (χ2v) is 7.54. The lowest BCUT2D eigenvalue weighted by Gasteiger charge is -2.32. The molecule has 1 fully saturated rings. The minimum Gasteiger partial charge on any atom is -0.335 e. The molecule has 1 aliphatic heterocycles. The molecule has 0 atom stereocenters. The minimum absolute atomic E-state index is 0.114. The molecule has 4 rings (SSSR count). The predicted octanol–water partition coefficient (Wildman–Crippen LogP) is 3.16. The molecular formula is C20H23F3N4O. The minimum atomic E-state index is -4.41. The Balaban J connectivity index is 1.73. The SMILES string of the molecule is CN1CCN(C(=O)c2nn(-c3cccc(C(F)(F)F)c3)c3c2CCCC3)CC1. The molecule has 5 nitrogen and oxygen atoms in total. The Labute approximate surface area is 161 Å². The van der Waals surface area contributed by atoms with Gasteiger partial charge in [-0.25, -0.2) is 4.68 Å². The zero-order valence-corrected chi connectivity index (χ0v) is 15.8. The number of carbonyl (C=O) groups excluding carboxylic acids is 1. The number of benzene rings is 1. The molecule has 1 saturated heterocycles. The second kappa shape index (κ2) is 7.24. The van der Waals surface area contributed by atoms with E-state index in [0.29, 0.717) is 30.9 Å². The fourth-order valence-corrected chi connectivity index (χ4v) is 3.96. The van der Waals surface area contributed by atoms with E-state index < -0.39 is 11.7 Å². The number of fused-ring (bicyclic) bond motifs is 1. The molecule has 2 aliphatic rings. The summed E-state index contributed by atoms with van der Waals surface area (Å²) in [5, 5.41) is 4.52. The molecule has 8 heteroatoms. The third-order valence-corrected chi connectivity index (χ3v) is 5.59. The largest absolute Gasteiger partial charge is 0.416 e. The standard InChI is InChI=1S/C20H23F3N4O/c1-25-9-11-26(12-10-25)19(28)18-16-7-2-3-8-17(16)27(24-18)15-6-4-5-14(13-15)20(21,22)23/h4-6,13H,2-3,7-12H2,1H3. The van der Waals surface area contributed by atoms with Crippen LogP contribution in [0.2, 0.25) is 0 Å². The number of hydrogen-bond acceptors (Lipinski definition) is 3. The quantitative estimate of drug-likeness (QED) is 0.789. The maximum Gasteiger partial charge on any atom is 0.416 e. The van der Waals surface area contributed by atoms with Crippen molar-refractivity contribution in [3.05, 3.63) is 46.8 Å². The first kappa shape index (κ1) is 19.0. The highest BCUT2D eigenvalue weighted by Crippen LogP contribution is 2.32. The van der Waals surface area contributed by atoms with Gasteiger partial charge in [0.05, 0.1) is 11.3 Å². The van der Waals surface area contributed by atoms with Gasteiger partial charge in [0.15, 0.2) is 5.69 Å². The van der Waals surface area contributed by atoms with Crippen LogP contribution in [0.15, 0.2) is 24.3 Å². The molecule has 0 N–H and O–H groups in total. The van der Waals surface area contributed by atoms with Gasteiger partial charge in [0.2, 0.25) is 0 Å². The van der Waals surface area contributed by atoms with E-state index in [-0.39, 0.29) is 5.91 Å². The number of halogens is 3. The van der Waals surface area contributed by atoms with E-state index in [1.54, 1.807) is 15.6 Å². The molecule has 0 radical (unpaired) electrons.